The van der Waals surface area contributed by atoms with Crippen molar-refractivity contribution in [2.75, 3.05) is 19.3 Å². The zero-order valence-electron chi connectivity index (χ0n) is 23.1. The summed E-state index contributed by atoms with van der Waals surface area (Å²) in [7, 11) is -3.91. The lowest BCUT2D eigenvalue weighted by atomic mass is 9.89. The maximum atomic E-state index is 11.0. The summed E-state index contributed by atoms with van der Waals surface area (Å²) in [5.41, 5.74) is 7.64. The predicted molar refractivity (Wildman–Crippen MR) is 151 cm³/mol. The van der Waals surface area contributed by atoms with Crippen molar-refractivity contribution in [1.82, 2.24) is 5.32 Å². The van der Waals surface area contributed by atoms with Gasteiger partial charge in [-0.3, -0.25) is 4.57 Å². The summed E-state index contributed by atoms with van der Waals surface area (Å²) in [4.78, 5) is 17.9. The van der Waals surface area contributed by atoms with E-state index in [1.54, 1.807) is 0 Å². The Hall–Kier alpha value is -1.65. The summed E-state index contributed by atoms with van der Waals surface area (Å²) in [5.74, 6) is 1.68. The van der Waals surface area contributed by atoms with E-state index in [2.05, 4.69) is 70.3 Å². The van der Waals surface area contributed by atoms with Gasteiger partial charge >= 0.3 is 7.60 Å². The largest absolute Gasteiger partial charge is 0.493 e. The van der Waals surface area contributed by atoms with Crippen LogP contribution in [0.15, 0.2) is 30.3 Å². The summed E-state index contributed by atoms with van der Waals surface area (Å²) in [6, 6.07) is 11.2. The van der Waals surface area contributed by atoms with Crippen LogP contribution < -0.4 is 10.1 Å². The van der Waals surface area contributed by atoms with Crippen molar-refractivity contribution in [2.24, 2.45) is 5.92 Å². The molecule has 2 aromatic carbocycles. The van der Waals surface area contributed by atoms with Crippen molar-refractivity contribution < 1.29 is 19.1 Å². The molecule has 0 aromatic heterocycles. The highest BCUT2D eigenvalue weighted by Crippen LogP contribution is 2.34. The first-order chi connectivity index (χ1) is 17.1. The lowest BCUT2D eigenvalue weighted by Gasteiger charge is -2.19. The molecule has 0 bridgehead atoms. The summed E-state index contributed by atoms with van der Waals surface area (Å²) in [5, 5.41) is 3.28. The van der Waals surface area contributed by atoms with Gasteiger partial charge in [-0.15, -0.1) is 0 Å². The van der Waals surface area contributed by atoms with E-state index >= 15 is 0 Å². The maximum absolute atomic E-state index is 11.0. The number of rotatable bonds is 17. The van der Waals surface area contributed by atoms with Crippen LogP contribution in [0.1, 0.15) is 85.3 Å². The van der Waals surface area contributed by atoms with Gasteiger partial charge in [0.25, 0.3) is 0 Å². The summed E-state index contributed by atoms with van der Waals surface area (Å²) < 4.78 is 17.2. The zero-order chi connectivity index (χ0) is 26.6. The van der Waals surface area contributed by atoms with Crippen molar-refractivity contribution in [1.29, 1.82) is 0 Å². The molecule has 3 N–H and O–H groups in total. The first-order valence-corrected chi connectivity index (χ1v) is 15.4. The van der Waals surface area contributed by atoms with Gasteiger partial charge < -0.3 is 19.8 Å². The molecule has 5 nitrogen and oxygen atoms in total. The van der Waals surface area contributed by atoms with E-state index < -0.39 is 7.60 Å². The summed E-state index contributed by atoms with van der Waals surface area (Å²) >= 11 is 0. The van der Waals surface area contributed by atoms with Crippen LogP contribution in [0.2, 0.25) is 0 Å². The average Bonchev–Trinajstić information content (AvgIpc) is 2.79. The Morgan fingerprint density at radius 2 is 1.53 bits per heavy atom. The topological polar surface area (TPSA) is 78.8 Å². The van der Waals surface area contributed by atoms with Crippen molar-refractivity contribution in [2.45, 2.75) is 92.5 Å². The fourth-order valence-electron chi connectivity index (χ4n) is 4.85. The Morgan fingerprint density at radius 3 is 2.17 bits per heavy atom. The molecular weight excluding hydrogens is 469 g/mol. The second-order valence-corrected chi connectivity index (χ2v) is 12.2. The van der Waals surface area contributed by atoms with Crippen molar-refractivity contribution in [3.63, 3.8) is 0 Å². The fourth-order valence-corrected chi connectivity index (χ4v) is 5.42. The van der Waals surface area contributed by atoms with Crippen LogP contribution in [0, 0.1) is 33.6 Å². The molecule has 0 amide bonds. The van der Waals surface area contributed by atoms with Crippen molar-refractivity contribution in [3.8, 4) is 5.75 Å². The third-order valence-corrected chi connectivity index (χ3v) is 7.87. The Labute approximate surface area is 219 Å². The Bertz CT molecular complexity index is 962. The van der Waals surface area contributed by atoms with Gasteiger partial charge in [-0.25, -0.2) is 0 Å². The maximum Gasteiger partial charge on any atom is 0.325 e. The highest BCUT2D eigenvalue weighted by Gasteiger charge is 2.13. The molecule has 1 atom stereocenters. The van der Waals surface area contributed by atoms with E-state index in [4.69, 9.17) is 14.5 Å². The first kappa shape index (κ1) is 30.6. The lowest BCUT2D eigenvalue weighted by Crippen LogP contribution is -2.16. The van der Waals surface area contributed by atoms with Crippen LogP contribution in [0.4, 0.5) is 0 Å². The SMILES string of the molecule is CCCCCC(CCCOc1c(C)cc(CNCCCP(=O)(O)O)cc1C)Cc1ccc(C)c(C)c1. The zero-order valence-corrected chi connectivity index (χ0v) is 24.0. The van der Waals surface area contributed by atoms with Gasteiger partial charge in [0.2, 0.25) is 0 Å². The highest BCUT2D eigenvalue weighted by molar-refractivity contribution is 7.51. The van der Waals surface area contributed by atoms with Crippen molar-refractivity contribution >= 4 is 7.60 Å². The number of ether oxygens (including phenoxy) is 1. The van der Waals surface area contributed by atoms with Crippen LogP contribution in [-0.2, 0) is 17.5 Å². The minimum Gasteiger partial charge on any atom is -0.493 e. The van der Waals surface area contributed by atoms with Gasteiger partial charge in [0.05, 0.1) is 12.8 Å². The molecule has 0 heterocycles. The lowest BCUT2D eigenvalue weighted by molar-refractivity contribution is 0.283. The number of hydrogen-bond acceptors (Lipinski definition) is 3. The van der Waals surface area contributed by atoms with Gasteiger partial charge in [0, 0.05) is 6.54 Å². The van der Waals surface area contributed by atoms with Crippen LogP contribution >= 0.6 is 7.60 Å². The van der Waals surface area contributed by atoms with Gasteiger partial charge in [-0.2, -0.15) is 0 Å². The normalized spacial score (nSPS) is 12.6. The third-order valence-electron chi connectivity index (χ3n) is 6.97. The molecule has 0 saturated carbocycles. The van der Waals surface area contributed by atoms with E-state index in [-0.39, 0.29) is 6.16 Å². The molecule has 0 aliphatic rings. The smallest absolute Gasteiger partial charge is 0.325 e. The second-order valence-electron chi connectivity index (χ2n) is 10.5. The van der Waals surface area contributed by atoms with Crippen molar-refractivity contribution in [3.05, 3.63) is 63.7 Å². The molecule has 36 heavy (non-hydrogen) atoms. The Kier molecular flexibility index (Phi) is 13.2. The molecule has 202 valence electrons. The molecule has 0 aliphatic carbocycles. The first-order valence-electron chi connectivity index (χ1n) is 13.6. The molecule has 0 radical (unpaired) electrons. The van der Waals surface area contributed by atoms with Gasteiger partial charge in [0.15, 0.2) is 0 Å². The number of aryl methyl sites for hydroxylation is 4. The minimum atomic E-state index is -3.91. The van der Waals surface area contributed by atoms with Gasteiger partial charge in [-0.1, -0.05) is 62.9 Å². The molecule has 2 aromatic rings. The highest BCUT2D eigenvalue weighted by atomic mass is 31.2. The van der Waals surface area contributed by atoms with Crippen LogP contribution in [0.25, 0.3) is 0 Å². The molecule has 0 aliphatic heterocycles. The van der Waals surface area contributed by atoms with Crippen LogP contribution in [0.3, 0.4) is 0 Å². The Balaban J connectivity index is 1.84. The predicted octanol–water partition coefficient (Wildman–Crippen LogP) is 7.18. The quantitative estimate of drug-likeness (QED) is 0.153. The number of unbranched alkanes of at least 4 members (excludes halogenated alkanes) is 2. The molecule has 6 heteroatoms. The summed E-state index contributed by atoms with van der Waals surface area (Å²) in [6.45, 7) is 12.8. The standard InChI is InChI=1S/C30H48NO4P/c1-6-7-8-11-27(21-28-14-13-23(2)24(3)18-28)12-9-16-35-30-25(4)19-29(20-26(30)5)22-31-15-10-17-36(32,33)34/h13-14,18-20,27,31H,6-12,15-17,21-22H2,1-5H3,(H2,32,33,34). The monoisotopic (exact) mass is 517 g/mol. The fraction of sp³-hybridized carbons (Fsp3) is 0.600. The third kappa shape index (κ3) is 11.6. The molecule has 1 unspecified atom stereocenters. The van der Waals surface area contributed by atoms with Gasteiger partial charge in [-0.05, 0) is 99.2 Å². The molecular formula is C30H48NO4P. The Morgan fingerprint density at radius 1 is 0.861 bits per heavy atom. The van der Waals surface area contributed by atoms with E-state index in [1.807, 2.05) is 0 Å². The molecule has 0 spiro atoms. The molecule has 2 rings (SSSR count). The van der Waals surface area contributed by atoms with E-state index in [9.17, 15) is 4.57 Å². The summed E-state index contributed by atoms with van der Waals surface area (Å²) in [6.07, 6.45) is 8.95. The molecule has 0 saturated heterocycles. The number of benzene rings is 2. The second kappa shape index (κ2) is 15.6. The van der Waals surface area contributed by atoms with Crippen LogP contribution in [-0.4, -0.2) is 29.1 Å². The van der Waals surface area contributed by atoms with Gasteiger partial charge in [0.1, 0.15) is 5.75 Å². The van der Waals surface area contributed by atoms with E-state index in [1.165, 1.54) is 48.8 Å². The van der Waals surface area contributed by atoms with Crippen LogP contribution in [0.5, 0.6) is 5.75 Å². The number of nitrogens with one attached hydrogen (secondary N) is 1. The molecule has 0 fully saturated rings. The number of hydrogen-bond donors (Lipinski definition) is 3. The minimum absolute atomic E-state index is 0.0744. The average molecular weight is 518 g/mol. The van der Waals surface area contributed by atoms with E-state index in [0.29, 0.717) is 25.4 Å². The van der Waals surface area contributed by atoms with E-state index in [0.717, 1.165) is 41.9 Å².